The summed E-state index contributed by atoms with van der Waals surface area (Å²) < 4.78 is 6.07. The van der Waals surface area contributed by atoms with Gasteiger partial charge in [0.05, 0.1) is 12.7 Å². The number of carbonyl (C=O) groups is 1. The number of carboxylic acids is 1. The van der Waals surface area contributed by atoms with E-state index < -0.39 is 5.97 Å². The molecule has 0 saturated carbocycles. The summed E-state index contributed by atoms with van der Waals surface area (Å²) in [4.78, 5) is 12.8. The van der Waals surface area contributed by atoms with Crippen LogP contribution in [0.3, 0.4) is 0 Å². The lowest BCUT2D eigenvalue weighted by atomic mass is 10.2. The Hall–Kier alpha value is -1.46. The topological polar surface area (TPSA) is 46.5 Å². The Kier molecular flexibility index (Phi) is 4.50. The first-order valence-corrected chi connectivity index (χ1v) is 7.06. The molecule has 0 unspecified atom stereocenters. The molecule has 0 fully saturated rings. The molecule has 0 radical (unpaired) electrons. The maximum atomic E-state index is 11.2. The Bertz CT molecular complexity index is 613. The summed E-state index contributed by atoms with van der Waals surface area (Å²) in [5.74, 6) is -0.309. The van der Waals surface area contributed by atoms with Gasteiger partial charge in [0.15, 0.2) is 0 Å². The molecule has 2 rings (SSSR count). The zero-order valence-corrected chi connectivity index (χ0v) is 12.5. The Balaban J connectivity index is 2.43. The van der Waals surface area contributed by atoms with E-state index >= 15 is 0 Å². The second-order valence-electron chi connectivity index (χ2n) is 3.70. The third-order valence-corrected chi connectivity index (χ3v) is 4.56. The lowest BCUT2D eigenvalue weighted by molar-refractivity contribution is 0.0693. The molecule has 2 aromatic rings. The summed E-state index contributed by atoms with van der Waals surface area (Å²) >= 11 is 4.84. The van der Waals surface area contributed by atoms with Crippen LogP contribution in [0, 0.1) is 0 Å². The average Bonchev–Trinajstić information content (AvgIpc) is 2.41. The Morgan fingerprint density at radius 2 is 1.95 bits per heavy atom. The number of methoxy groups -OCH3 is 1. The third kappa shape index (κ3) is 3.30. The maximum Gasteiger partial charge on any atom is 0.336 e. The van der Waals surface area contributed by atoms with E-state index in [1.807, 2.05) is 24.3 Å². The predicted molar refractivity (Wildman–Crippen MR) is 78.2 cm³/mol. The van der Waals surface area contributed by atoms with Crippen LogP contribution in [0.25, 0.3) is 0 Å². The predicted octanol–water partition coefficient (Wildman–Crippen LogP) is 4.31. The minimum absolute atomic E-state index is 0.265. The second-order valence-corrected chi connectivity index (χ2v) is 5.64. The molecule has 1 N–H and O–H groups in total. The number of rotatable bonds is 4. The van der Waals surface area contributed by atoms with Crippen LogP contribution in [-0.2, 0) is 0 Å². The molecule has 98 valence electrons. The first-order chi connectivity index (χ1) is 9.11. The first kappa shape index (κ1) is 14.0. The summed E-state index contributed by atoms with van der Waals surface area (Å²) in [6.45, 7) is 0. The van der Waals surface area contributed by atoms with Crippen molar-refractivity contribution in [3.63, 3.8) is 0 Å². The SMILES string of the molecule is COc1ccc(C(=O)O)c(Sc2ccccc2Br)c1. The van der Waals surface area contributed by atoms with Crippen molar-refractivity contribution < 1.29 is 14.6 Å². The Morgan fingerprint density at radius 1 is 1.21 bits per heavy atom. The van der Waals surface area contributed by atoms with Gasteiger partial charge in [-0.3, -0.25) is 0 Å². The standard InChI is InChI=1S/C14H11BrO3S/c1-18-9-6-7-10(14(16)17)13(8-9)19-12-5-3-2-4-11(12)15/h2-8H,1H3,(H,16,17). The van der Waals surface area contributed by atoms with Gasteiger partial charge >= 0.3 is 5.97 Å². The van der Waals surface area contributed by atoms with Crippen LogP contribution in [0.15, 0.2) is 56.7 Å². The van der Waals surface area contributed by atoms with Gasteiger partial charge in [0.1, 0.15) is 5.75 Å². The molecule has 2 aromatic carbocycles. The molecule has 0 aromatic heterocycles. The lowest BCUT2D eigenvalue weighted by Gasteiger charge is -2.09. The zero-order chi connectivity index (χ0) is 13.8. The van der Waals surface area contributed by atoms with Gasteiger partial charge in [-0.05, 0) is 46.3 Å². The molecule has 0 spiro atoms. The summed E-state index contributed by atoms with van der Waals surface area (Å²) in [6, 6.07) is 12.6. The van der Waals surface area contributed by atoms with Gasteiger partial charge < -0.3 is 9.84 Å². The Morgan fingerprint density at radius 3 is 2.58 bits per heavy atom. The highest BCUT2D eigenvalue weighted by Gasteiger charge is 2.13. The first-order valence-electron chi connectivity index (χ1n) is 5.45. The van der Waals surface area contributed by atoms with E-state index in [1.54, 1.807) is 25.3 Å². The minimum Gasteiger partial charge on any atom is -0.497 e. The van der Waals surface area contributed by atoms with Crippen molar-refractivity contribution in [3.8, 4) is 5.75 Å². The van der Waals surface area contributed by atoms with Crippen LogP contribution in [0.5, 0.6) is 5.75 Å². The van der Waals surface area contributed by atoms with Crippen molar-refractivity contribution in [1.29, 1.82) is 0 Å². The van der Waals surface area contributed by atoms with E-state index in [9.17, 15) is 9.90 Å². The van der Waals surface area contributed by atoms with Crippen molar-refractivity contribution in [1.82, 2.24) is 0 Å². The molecule has 0 saturated heterocycles. The largest absolute Gasteiger partial charge is 0.497 e. The number of benzene rings is 2. The highest BCUT2D eigenvalue weighted by molar-refractivity contribution is 9.10. The molecule has 0 aliphatic rings. The van der Waals surface area contributed by atoms with Gasteiger partial charge in [-0.15, -0.1) is 0 Å². The molecule has 5 heteroatoms. The van der Waals surface area contributed by atoms with Crippen LogP contribution >= 0.6 is 27.7 Å². The molecule has 0 atom stereocenters. The van der Waals surface area contributed by atoms with Crippen LogP contribution in [0.2, 0.25) is 0 Å². The van der Waals surface area contributed by atoms with Gasteiger partial charge in [0.25, 0.3) is 0 Å². The van der Waals surface area contributed by atoms with E-state index in [4.69, 9.17) is 4.74 Å². The summed E-state index contributed by atoms with van der Waals surface area (Å²) in [7, 11) is 1.56. The molecule has 0 aliphatic carbocycles. The molecule has 19 heavy (non-hydrogen) atoms. The van der Waals surface area contributed by atoms with Gasteiger partial charge in [-0.1, -0.05) is 23.9 Å². The molecule has 0 amide bonds. The lowest BCUT2D eigenvalue weighted by Crippen LogP contribution is -1.99. The van der Waals surface area contributed by atoms with Crippen LogP contribution in [0.1, 0.15) is 10.4 Å². The van der Waals surface area contributed by atoms with Crippen molar-refractivity contribution in [3.05, 3.63) is 52.5 Å². The normalized spacial score (nSPS) is 10.2. The summed E-state index contributed by atoms with van der Waals surface area (Å²) in [5.41, 5.74) is 0.265. The summed E-state index contributed by atoms with van der Waals surface area (Å²) in [5, 5.41) is 9.21. The Labute approximate surface area is 123 Å². The van der Waals surface area contributed by atoms with E-state index in [1.165, 1.54) is 11.8 Å². The number of hydrogen-bond donors (Lipinski definition) is 1. The zero-order valence-electron chi connectivity index (χ0n) is 10.1. The van der Waals surface area contributed by atoms with Gasteiger partial charge in [0, 0.05) is 14.3 Å². The van der Waals surface area contributed by atoms with Crippen molar-refractivity contribution in [2.75, 3.05) is 7.11 Å². The monoisotopic (exact) mass is 338 g/mol. The molecule has 0 aliphatic heterocycles. The van der Waals surface area contributed by atoms with Crippen molar-refractivity contribution >= 4 is 33.7 Å². The molecule has 3 nitrogen and oxygen atoms in total. The highest BCUT2D eigenvalue weighted by Crippen LogP contribution is 2.36. The molecular weight excluding hydrogens is 328 g/mol. The quantitative estimate of drug-likeness (QED) is 0.902. The van der Waals surface area contributed by atoms with E-state index in [0.717, 1.165) is 9.37 Å². The fourth-order valence-corrected chi connectivity index (χ4v) is 3.05. The van der Waals surface area contributed by atoms with Gasteiger partial charge in [-0.25, -0.2) is 4.79 Å². The van der Waals surface area contributed by atoms with Gasteiger partial charge in [-0.2, -0.15) is 0 Å². The van der Waals surface area contributed by atoms with E-state index in [2.05, 4.69) is 15.9 Å². The average molecular weight is 339 g/mol. The van der Waals surface area contributed by atoms with Crippen LogP contribution in [-0.4, -0.2) is 18.2 Å². The minimum atomic E-state index is -0.947. The molecule has 0 heterocycles. The highest BCUT2D eigenvalue weighted by atomic mass is 79.9. The van der Waals surface area contributed by atoms with Crippen LogP contribution < -0.4 is 4.74 Å². The molecular formula is C14H11BrO3S. The van der Waals surface area contributed by atoms with Crippen LogP contribution in [0.4, 0.5) is 0 Å². The molecule has 0 bridgehead atoms. The number of halogens is 1. The number of ether oxygens (including phenoxy) is 1. The van der Waals surface area contributed by atoms with Crippen molar-refractivity contribution in [2.45, 2.75) is 9.79 Å². The second kappa shape index (κ2) is 6.12. The summed E-state index contributed by atoms with van der Waals surface area (Å²) in [6.07, 6.45) is 0. The number of hydrogen-bond acceptors (Lipinski definition) is 3. The van der Waals surface area contributed by atoms with Gasteiger partial charge in [0.2, 0.25) is 0 Å². The maximum absolute atomic E-state index is 11.2. The fraction of sp³-hybridized carbons (Fsp3) is 0.0714. The van der Waals surface area contributed by atoms with E-state index in [0.29, 0.717) is 10.6 Å². The van der Waals surface area contributed by atoms with E-state index in [-0.39, 0.29) is 5.56 Å². The number of carboxylic acid groups (broad SMARTS) is 1. The third-order valence-electron chi connectivity index (χ3n) is 2.48. The number of aromatic carboxylic acids is 1. The van der Waals surface area contributed by atoms with Crippen molar-refractivity contribution in [2.24, 2.45) is 0 Å². The smallest absolute Gasteiger partial charge is 0.336 e. The fourth-order valence-electron chi connectivity index (χ4n) is 1.54.